The zero-order valence-corrected chi connectivity index (χ0v) is 28.4. The number of nitrogens with zero attached hydrogens (tertiary/aromatic N) is 2. The number of para-hydroxylation sites is 3. The molecule has 0 saturated heterocycles. The van der Waals surface area contributed by atoms with Gasteiger partial charge in [-0.25, -0.2) is 0 Å². The Bertz CT molecular complexity index is 3000. The molecule has 0 unspecified atom stereocenters. The Morgan fingerprint density at radius 2 is 0.942 bits per heavy atom. The highest BCUT2D eigenvalue weighted by atomic mass is 16.3. The fourth-order valence-electron chi connectivity index (χ4n) is 9.22. The van der Waals surface area contributed by atoms with E-state index in [-0.39, 0.29) is 0 Å². The van der Waals surface area contributed by atoms with E-state index in [1.165, 1.54) is 55.8 Å². The van der Waals surface area contributed by atoms with Crippen LogP contribution in [0.2, 0.25) is 0 Å². The number of anilines is 5. The lowest BCUT2D eigenvalue weighted by atomic mass is 9.90. The van der Waals surface area contributed by atoms with E-state index in [9.17, 15) is 0 Å². The molecule has 12 rings (SSSR count). The number of furan rings is 2. The van der Waals surface area contributed by atoms with Crippen molar-refractivity contribution >= 4 is 83.1 Å². The van der Waals surface area contributed by atoms with Crippen LogP contribution in [0.25, 0.3) is 54.6 Å². The number of rotatable bonds is 2. The van der Waals surface area contributed by atoms with Crippen LogP contribution in [0.5, 0.6) is 0 Å². The van der Waals surface area contributed by atoms with Crippen molar-refractivity contribution in [1.29, 1.82) is 0 Å². The van der Waals surface area contributed by atoms with Crippen LogP contribution in [0.15, 0.2) is 166 Å². The van der Waals surface area contributed by atoms with E-state index < -0.39 is 0 Å². The average molecular weight is 669 g/mol. The van der Waals surface area contributed by atoms with Gasteiger partial charge in [0, 0.05) is 80.7 Å². The summed E-state index contributed by atoms with van der Waals surface area (Å²) in [6.45, 7) is 0. The molecule has 3 aliphatic rings. The fraction of sp³-hybridized carbons (Fsp3) is 0.0833. The Morgan fingerprint density at radius 1 is 0.442 bits per heavy atom. The minimum absolute atomic E-state index is 0.885. The van der Waals surface area contributed by atoms with Gasteiger partial charge in [-0.05, 0) is 113 Å². The van der Waals surface area contributed by atoms with Gasteiger partial charge in [0.1, 0.15) is 22.3 Å². The molecular weight excluding hydrogens is 637 g/mol. The predicted molar refractivity (Wildman–Crippen MR) is 214 cm³/mol. The number of hydrogen-bond donors (Lipinski definition) is 0. The summed E-state index contributed by atoms with van der Waals surface area (Å²) in [4.78, 5) is 4.83. The Balaban J connectivity index is 1.01. The summed E-state index contributed by atoms with van der Waals surface area (Å²) >= 11 is 0. The van der Waals surface area contributed by atoms with Crippen LogP contribution in [0.1, 0.15) is 29.5 Å². The maximum Gasteiger partial charge on any atom is 0.137 e. The van der Waals surface area contributed by atoms with E-state index in [2.05, 4.69) is 155 Å². The first-order chi connectivity index (χ1) is 25.8. The molecule has 7 aromatic carbocycles. The highest BCUT2D eigenvalue weighted by Crippen LogP contribution is 2.48. The topological polar surface area (TPSA) is 32.8 Å². The van der Waals surface area contributed by atoms with Crippen LogP contribution < -0.4 is 9.80 Å². The highest BCUT2D eigenvalue weighted by Gasteiger charge is 2.28. The monoisotopic (exact) mass is 668 g/mol. The zero-order chi connectivity index (χ0) is 33.9. The third-order valence-corrected chi connectivity index (χ3v) is 11.5. The predicted octanol–water partition coefficient (Wildman–Crippen LogP) is 13.3. The molecule has 0 amide bonds. The minimum Gasteiger partial charge on any atom is -0.456 e. The first-order valence-corrected chi connectivity index (χ1v) is 18.2. The normalized spacial score (nSPS) is 15.2. The number of benzene rings is 7. The molecule has 4 heteroatoms. The van der Waals surface area contributed by atoms with Gasteiger partial charge >= 0.3 is 0 Å². The average Bonchev–Trinajstić information content (AvgIpc) is 3.76. The summed E-state index contributed by atoms with van der Waals surface area (Å²) in [6, 6.07) is 48.3. The van der Waals surface area contributed by atoms with Gasteiger partial charge in [-0.15, -0.1) is 0 Å². The maximum absolute atomic E-state index is 6.65. The number of fused-ring (bicyclic) bond motifs is 12. The third-order valence-electron chi connectivity index (χ3n) is 11.5. The van der Waals surface area contributed by atoms with Crippen molar-refractivity contribution in [3.63, 3.8) is 0 Å². The standard InChI is InChI=1S/C48H32N2O2/c1-5-13-39-29(9-1)25-30-10-2-6-14-40(30)49(39)33-17-19-37-45(27-33)51-43-23-21-36-35(47(37)43)22-24-44-48(36)38-20-18-34(28-46(38)52-44)50-41-15-7-3-11-31(41)26-32-12-4-8-16-42(32)50/h1-7,9-15,17-24,27-28H,8,16,25-26H2. The molecule has 0 fully saturated rings. The molecule has 9 aromatic rings. The Morgan fingerprint density at radius 3 is 1.54 bits per heavy atom. The van der Waals surface area contributed by atoms with Crippen LogP contribution in [-0.4, -0.2) is 0 Å². The molecular formula is C48H32N2O2. The van der Waals surface area contributed by atoms with Crippen LogP contribution in [-0.2, 0) is 12.8 Å². The fourth-order valence-corrected chi connectivity index (χ4v) is 9.22. The Labute approximate surface area is 300 Å². The first kappa shape index (κ1) is 28.2. The van der Waals surface area contributed by atoms with E-state index in [0.717, 1.165) is 80.9 Å². The van der Waals surface area contributed by atoms with Crippen molar-refractivity contribution in [2.75, 3.05) is 9.80 Å². The van der Waals surface area contributed by atoms with E-state index in [4.69, 9.17) is 8.83 Å². The lowest BCUT2D eigenvalue weighted by Crippen LogP contribution is -2.24. The molecule has 0 N–H and O–H groups in total. The van der Waals surface area contributed by atoms with Gasteiger partial charge in [0.15, 0.2) is 0 Å². The summed E-state index contributed by atoms with van der Waals surface area (Å²) in [5.41, 5.74) is 16.3. The second-order valence-corrected chi connectivity index (χ2v) is 14.4. The Kier molecular flexibility index (Phi) is 5.70. The van der Waals surface area contributed by atoms with E-state index in [0.29, 0.717) is 0 Å². The quantitative estimate of drug-likeness (QED) is 0.184. The third kappa shape index (κ3) is 3.92. The summed E-state index contributed by atoms with van der Waals surface area (Å²) in [5.74, 6) is 0. The van der Waals surface area contributed by atoms with Crippen LogP contribution in [0.4, 0.5) is 28.4 Å². The molecule has 52 heavy (non-hydrogen) atoms. The highest BCUT2D eigenvalue weighted by molar-refractivity contribution is 6.27. The molecule has 4 nitrogen and oxygen atoms in total. The van der Waals surface area contributed by atoms with Gasteiger partial charge < -0.3 is 18.6 Å². The van der Waals surface area contributed by atoms with Gasteiger partial charge in [0.05, 0.1) is 0 Å². The van der Waals surface area contributed by atoms with Crippen molar-refractivity contribution in [3.05, 3.63) is 174 Å². The second-order valence-electron chi connectivity index (χ2n) is 14.4. The van der Waals surface area contributed by atoms with Crippen molar-refractivity contribution in [2.24, 2.45) is 0 Å². The molecule has 4 heterocycles. The van der Waals surface area contributed by atoms with Crippen LogP contribution in [0, 0.1) is 0 Å². The molecule has 0 bridgehead atoms. The zero-order valence-electron chi connectivity index (χ0n) is 28.4. The summed E-state index contributed by atoms with van der Waals surface area (Å²) in [7, 11) is 0. The van der Waals surface area contributed by atoms with Crippen molar-refractivity contribution < 1.29 is 8.83 Å². The minimum atomic E-state index is 0.885. The maximum atomic E-state index is 6.65. The van der Waals surface area contributed by atoms with E-state index in [1.807, 2.05) is 0 Å². The van der Waals surface area contributed by atoms with Crippen molar-refractivity contribution in [3.8, 4) is 0 Å². The van der Waals surface area contributed by atoms with Gasteiger partial charge in [0.2, 0.25) is 0 Å². The molecule has 0 saturated carbocycles. The van der Waals surface area contributed by atoms with Crippen LogP contribution in [0.3, 0.4) is 0 Å². The van der Waals surface area contributed by atoms with Gasteiger partial charge in [-0.3, -0.25) is 0 Å². The van der Waals surface area contributed by atoms with Crippen molar-refractivity contribution in [1.82, 2.24) is 0 Å². The smallest absolute Gasteiger partial charge is 0.137 e. The molecule has 246 valence electrons. The SMILES string of the molecule is C1=CC2=C(CC1)N(c1ccc3c(c1)oc1ccc4c(ccc5oc6cc(N7c8ccccc8Cc8ccccc87)ccc6c54)c13)c1ccccc1C2. The number of hydrogen-bond acceptors (Lipinski definition) is 4. The number of allylic oxidation sites excluding steroid dienone is 4. The molecule has 2 aliphatic heterocycles. The van der Waals surface area contributed by atoms with E-state index in [1.54, 1.807) is 0 Å². The van der Waals surface area contributed by atoms with Gasteiger partial charge in [-0.2, -0.15) is 0 Å². The lowest BCUT2D eigenvalue weighted by molar-refractivity contribution is 0.668. The first-order valence-electron chi connectivity index (χ1n) is 18.2. The summed E-state index contributed by atoms with van der Waals surface area (Å²) < 4.78 is 13.3. The molecule has 0 spiro atoms. The Hall–Kier alpha value is -6.52. The molecule has 0 radical (unpaired) electrons. The lowest BCUT2D eigenvalue weighted by Gasteiger charge is -2.36. The molecule has 2 aromatic heterocycles. The summed E-state index contributed by atoms with van der Waals surface area (Å²) in [5, 5.41) is 6.88. The van der Waals surface area contributed by atoms with E-state index >= 15 is 0 Å². The molecule has 1 aliphatic carbocycles. The summed E-state index contributed by atoms with van der Waals surface area (Å²) in [6.07, 6.45) is 8.65. The largest absolute Gasteiger partial charge is 0.456 e. The van der Waals surface area contributed by atoms with Gasteiger partial charge in [0.25, 0.3) is 0 Å². The van der Waals surface area contributed by atoms with Crippen molar-refractivity contribution in [2.45, 2.75) is 25.7 Å². The van der Waals surface area contributed by atoms with Crippen LogP contribution >= 0.6 is 0 Å². The van der Waals surface area contributed by atoms with Gasteiger partial charge in [-0.1, -0.05) is 66.7 Å². The second kappa shape index (κ2) is 10.5. The molecule has 0 atom stereocenters.